The summed E-state index contributed by atoms with van der Waals surface area (Å²) in [5.74, 6) is -1.23. The van der Waals surface area contributed by atoms with E-state index in [0.717, 1.165) is 6.07 Å². The van der Waals surface area contributed by atoms with Crippen LogP contribution in [0.3, 0.4) is 0 Å². The number of anilines is 1. The molecule has 9 heteroatoms. The van der Waals surface area contributed by atoms with Crippen molar-refractivity contribution < 1.29 is 22.3 Å². The van der Waals surface area contributed by atoms with Crippen molar-refractivity contribution in [1.29, 1.82) is 0 Å². The molecule has 0 aliphatic heterocycles. The molecule has 6 nitrogen and oxygen atoms in total. The number of carbonyl (C=O) groups excluding carboxylic acids is 1. The van der Waals surface area contributed by atoms with Crippen LogP contribution in [0.5, 0.6) is 5.75 Å². The number of rotatable bonds is 7. The summed E-state index contributed by atoms with van der Waals surface area (Å²) in [5.41, 5.74) is -0.00995. The first-order valence-corrected chi connectivity index (χ1v) is 10.0. The van der Waals surface area contributed by atoms with Crippen molar-refractivity contribution in [1.82, 2.24) is 4.31 Å². The molecule has 0 unspecified atom stereocenters. The summed E-state index contributed by atoms with van der Waals surface area (Å²) in [7, 11) is -2.50. The minimum Gasteiger partial charge on any atom is -0.495 e. The zero-order chi connectivity index (χ0) is 20.2. The van der Waals surface area contributed by atoms with Gasteiger partial charge in [-0.05, 0) is 36.4 Å². The second kappa shape index (κ2) is 8.69. The molecule has 146 valence electrons. The molecular formula is C18H20ClFN2O4S. The van der Waals surface area contributed by atoms with Crippen LogP contribution in [0.25, 0.3) is 0 Å². The molecule has 1 amide bonds. The lowest BCUT2D eigenvalue weighted by Gasteiger charge is -2.20. The summed E-state index contributed by atoms with van der Waals surface area (Å²) >= 11 is 5.69. The molecule has 27 heavy (non-hydrogen) atoms. The fourth-order valence-electron chi connectivity index (χ4n) is 2.51. The highest BCUT2D eigenvalue weighted by Gasteiger charge is 2.27. The fourth-order valence-corrected chi connectivity index (χ4v) is 4.31. The van der Waals surface area contributed by atoms with Crippen molar-refractivity contribution in [2.45, 2.75) is 18.7 Å². The lowest BCUT2D eigenvalue weighted by Crippen LogP contribution is -2.31. The van der Waals surface area contributed by atoms with Gasteiger partial charge in [0.2, 0.25) is 10.0 Å². The summed E-state index contributed by atoms with van der Waals surface area (Å²) in [4.78, 5) is 12.4. The number of benzene rings is 2. The molecule has 2 aromatic carbocycles. The Morgan fingerprint density at radius 3 is 2.41 bits per heavy atom. The summed E-state index contributed by atoms with van der Waals surface area (Å²) in [6.07, 6.45) is 0. The van der Waals surface area contributed by atoms with Crippen LogP contribution in [-0.2, 0) is 10.0 Å². The zero-order valence-electron chi connectivity index (χ0n) is 15.1. The average molecular weight is 415 g/mol. The Balaban J connectivity index is 2.43. The number of nitrogens with one attached hydrogen (secondary N) is 1. The second-order valence-corrected chi connectivity index (χ2v) is 7.88. The van der Waals surface area contributed by atoms with E-state index in [4.69, 9.17) is 16.3 Å². The minimum atomic E-state index is -3.85. The first-order valence-electron chi connectivity index (χ1n) is 8.19. The van der Waals surface area contributed by atoms with Gasteiger partial charge in [-0.15, -0.1) is 0 Å². The molecule has 0 bridgehead atoms. The van der Waals surface area contributed by atoms with Gasteiger partial charge in [-0.2, -0.15) is 4.31 Å². The van der Waals surface area contributed by atoms with Crippen LogP contribution >= 0.6 is 11.6 Å². The topological polar surface area (TPSA) is 75.7 Å². The quantitative estimate of drug-likeness (QED) is 0.748. The van der Waals surface area contributed by atoms with E-state index in [1.807, 2.05) is 0 Å². The maximum Gasteiger partial charge on any atom is 0.255 e. The molecule has 0 saturated heterocycles. The number of halogens is 2. The number of ether oxygens (including phenoxy) is 1. The number of amides is 1. The van der Waals surface area contributed by atoms with Crippen LogP contribution in [0.1, 0.15) is 24.2 Å². The lowest BCUT2D eigenvalue weighted by molar-refractivity contribution is 0.102. The molecule has 0 aliphatic rings. The van der Waals surface area contributed by atoms with Crippen molar-refractivity contribution in [2.75, 3.05) is 25.5 Å². The van der Waals surface area contributed by atoms with Crippen LogP contribution in [0.4, 0.5) is 10.1 Å². The normalized spacial score (nSPS) is 11.5. The lowest BCUT2D eigenvalue weighted by atomic mass is 10.2. The van der Waals surface area contributed by atoms with Crippen molar-refractivity contribution >= 4 is 33.2 Å². The smallest absolute Gasteiger partial charge is 0.255 e. The van der Waals surface area contributed by atoms with Gasteiger partial charge in [0.05, 0.1) is 12.8 Å². The van der Waals surface area contributed by atoms with Crippen LogP contribution in [0.15, 0.2) is 41.3 Å². The Morgan fingerprint density at radius 1 is 1.19 bits per heavy atom. The van der Waals surface area contributed by atoms with Crippen molar-refractivity contribution in [3.8, 4) is 5.75 Å². The SMILES string of the molecule is CCN(CC)S(=O)(=O)c1cc(C(=O)Nc2ccc(Cl)cc2F)ccc1OC. The molecule has 0 heterocycles. The van der Waals surface area contributed by atoms with Gasteiger partial charge in [-0.25, -0.2) is 12.8 Å². The second-order valence-electron chi connectivity index (χ2n) is 5.53. The van der Waals surface area contributed by atoms with Gasteiger partial charge in [0, 0.05) is 23.7 Å². The van der Waals surface area contributed by atoms with Gasteiger partial charge in [0.1, 0.15) is 16.5 Å². The van der Waals surface area contributed by atoms with Crippen LogP contribution in [-0.4, -0.2) is 38.8 Å². The number of nitrogens with zero attached hydrogens (tertiary/aromatic N) is 1. The molecule has 0 radical (unpaired) electrons. The van der Waals surface area contributed by atoms with Crippen LogP contribution in [0.2, 0.25) is 5.02 Å². The van der Waals surface area contributed by atoms with Gasteiger partial charge in [0.25, 0.3) is 5.91 Å². The third-order valence-corrected chi connectivity index (χ3v) is 6.23. The third kappa shape index (κ3) is 4.58. The Kier molecular flexibility index (Phi) is 6.80. The molecule has 1 N–H and O–H groups in total. The fraction of sp³-hybridized carbons (Fsp3) is 0.278. The first kappa shape index (κ1) is 21.1. The Labute approximate surface area is 162 Å². The molecule has 2 aromatic rings. The van der Waals surface area contributed by atoms with Gasteiger partial charge < -0.3 is 10.1 Å². The summed E-state index contributed by atoms with van der Waals surface area (Å²) < 4.78 is 46.0. The Hall–Kier alpha value is -2.16. The van der Waals surface area contributed by atoms with Gasteiger partial charge in [0.15, 0.2) is 0 Å². The van der Waals surface area contributed by atoms with E-state index in [-0.39, 0.29) is 40.0 Å². The molecule has 2 rings (SSSR count). The molecule has 0 aliphatic carbocycles. The van der Waals surface area contributed by atoms with E-state index in [1.165, 1.54) is 41.7 Å². The highest BCUT2D eigenvalue weighted by Crippen LogP contribution is 2.28. The molecule has 0 saturated carbocycles. The predicted octanol–water partition coefficient (Wildman–Crippen LogP) is 3.77. The van der Waals surface area contributed by atoms with E-state index in [9.17, 15) is 17.6 Å². The number of sulfonamides is 1. The van der Waals surface area contributed by atoms with E-state index in [1.54, 1.807) is 13.8 Å². The Morgan fingerprint density at radius 2 is 1.85 bits per heavy atom. The molecule has 0 atom stereocenters. The highest BCUT2D eigenvalue weighted by atomic mass is 35.5. The van der Waals surface area contributed by atoms with Crippen molar-refractivity contribution in [3.05, 3.63) is 52.8 Å². The van der Waals surface area contributed by atoms with Gasteiger partial charge in [-0.3, -0.25) is 4.79 Å². The molecule has 0 spiro atoms. The molecule has 0 aromatic heterocycles. The monoisotopic (exact) mass is 414 g/mol. The number of carbonyl (C=O) groups is 1. The summed E-state index contributed by atoms with van der Waals surface area (Å²) in [6.45, 7) is 3.98. The average Bonchev–Trinajstić information content (AvgIpc) is 2.64. The van der Waals surface area contributed by atoms with Crippen LogP contribution < -0.4 is 10.1 Å². The number of hydrogen-bond donors (Lipinski definition) is 1. The van der Waals surface area contributed by atoms with Crippen molar-refractivity contribution in [3.63, 3.8) is 0 Å². The van der Waals surface area contributed by atoms with Gasteiger partial charge >= 0.3 is 0 Å². The zero-order valence-corrected chi connectivity index (χ0v) is 16.7. The summed E-state index contributed by atoms with van der Waals surface area (Å²) in [6, 6.07) is 7.85. The number of hydrogen-bond acceptors (Lipinski definition) is 4. The number of methoxy groups -OCH3 is 1. The van der Waals surface area contributed by atoms with Crippen molar-refractivity contribution in [2.24, 2.45) is 0 Å². The molecular weight excluding hydrogens is 395 g/mol. The predicted molar refractivity (Wildman–Crippen MR) is 102 cm³/mol. The highest BCUT2D eigenvalue weighted by molar-refractivity contribution is 7.89. The minimum absolute atomic E-state index is 0.0517. The van der Waals surface area contributed by atoms with Crippen LogP contribution in [0, 0.1) is 5.82 Å². The van der Waals surface area contributed by atoms with E-state index in [2.05, 4.69) is 5.32 Å². The van der Waals surface area contributed by atoms with E-state index in [0.29, 0.717) is 0 Å². The van der Waals surface area contributed by atoms with E-state index < -0.39 is 21.7 Å². The Bertz CT molecular complexity index is 946. The van der Waals surface area contributed by atoms with Gasteiger partial charge in [-0.1, -0.05) is 25.4 Å². The standard InChI is InChI=1S/C18H20ClFN2O4S/c1-4-22(5-2)27(24,25)17-10-12(6-9-16(17)26-3)18(23)21-15-8-7-13(19)11-14(15)20/h6-11H,4-5H2,1-3H3,(H,21,23). The first-order chi connectivity index (χ1) is 12.7. The third-order valence-electron chi connectivity index (χ3n) is 3.93. The largest absolute Gasteiger partial charge is 0.495 e. The maximum absolute atomic E-state index is 13.9. The van der Waals surface area contributed by atoms with E-state index >= 15 is 0 Å². The maximum atomic E-state index is 13.9. The summed E-state index contributed by atoms with van der Waals surface area (Å²) in [5, 5.41) is 2.60. The molecule has 0 fully saturated rings.